The summed E-state index contributed by atoms with van der Waals surface area (Å²) in [5.74, 6) is 0.663. The predicted molar refractivity (Wildman–Crippen MR) is 85.2 cm³/mol. The van der Waals surface area contributed by atoms with E-state index in [-0.39, 0.29) is 30.6 Å². The molecule has 5 heteroatoms. The van der Waals surface area contributed by atoms with E-state index in [9.17, 15) is 9.59 Å². The Kier molecular flexibility index (Phi) is 5.95. The van der Waals surface area contributed by atoms with Crippen LogP contribution in [0.25, 0.3) is 0 Å². The van der Waals surface area contributed by atoms with Gasteiger partial charge in [0.2, 0.25) is 5.91 Å². The predicted octanol–water partition coefficient (Wildman–Crippen LogP) is 1.87. The molecule has 22 heavy (non-hydrogen) atoms. The summed E-state index contributed by atoms with van der Waals surface area (Å²) in [6, 6.07) is 7.18. The monoisotopic (exact) mass is 304 g/mol. The molecule has 5 nitrogen and oxygen atoms in total. The number of hydrogen-bond donors (Lipinski definition) is 1. The van der Waals surface area contributed by atoms with Crippen molar-refractivity contribution < 1.29 is 14.3 Å². The highest BCUT2D eigenvalue weighted by Crippen LogP contribution is 2.13. The molecular formula is C17H24N2O3. The van der Waals surface area contributed by atoms with Crippen molar-refractivity contribution in [2.45, 2.75) is 31.7 Å². The number of carbonyl (C=O) groups is 2. The fraction of sp³-hybridized carbons (Fsp3) is 0.529. The molecule has 1 fully saturated rings. The number of ether oxygens (including phenoxy) is 1. The maximum atomic E-state index is 12.1. The number of nitrogens with one attached hydrogen (secondary N) is 1. The Balaban J connectivity index is 1.76. The van der Waals surface area contributed by atoms with Gasteiger partial charge in [-0.05, 0) is 50.7 Å². The maximum Gasteiger partial charge on any atom is 0.220 e. The van der Waals surface area contributed by atoms with E-state index in [1.165, 1.54) is 0 Å². The topological polar surface area (TPSA) is 58.6 Å². The number of hydrogen-bond acceptors (Lipinski definition) is 4. The molecule has 120 valence electrons. The number of rotatable bonds is 6. The largest absolute Gasteiger partial charge is 0.497 e. The quantitative estimate of drug-likeness (QED) is 0.815. The molecule has 0 radical (unpaired) electrons. The number of carbonyl (C=O) groups excluding carboxylic acids is 2. The molecule has 1 aliphatic heterocycles. The van der Waals surface area contributed by atoms with Crippen molar-refractivity contribution >= 4 is 11.7 Å². The smallest absolute Gasteiger partial charge is 0.220 e. The number of ketones is 1. The third-order valence-corrected chi connectivity index (χ3v) is 3.98. The molecule has 0 aliphatic carbocycles. The molecule has 1 aromatic carbocycles. The first-order valence-corrected chi connectivity index (χ1v) is 7.73. The number of Topliss-reactive ketones (excluding diaryl/α,β-unsaturated/α-hetero) is 1. The van der Waals surface area contributed by atoms with Gasteiger partial charge in [-0.1, -0.05) is 0 Å². The standard InChI is InChI=1S/C17H24N2O3/c1-19-11-3-4-14(12-19)18-17(21)10-9-16(20)13-5-7-15(22-2)8-6-13/h5-8,14H,3-4,9-12H2,1-2H3,(H,18,21)/t14-/m0/s1. The van der Waals surface area contributed by atoms with Gasteiger partial charge in [0.15, 0.2) is 5.78 Å². The number of likely N-dealkylation sites (N-methyl/N-ethyl adjacent to an activating group) is 1. The third kappa shape index (κ3) is 4.84. The Morgan fingerprint density at radius 3 is 2.64 bits per heavy atom. The van der Waals surface area contributed by atoms with Gasteiger partial charge in [0.05, 0.1) is 7.11 Å². The van der Waals surface area contributed by atoms with Crippen LogP contribution in [0.5, 0.6) is 5.75 Å². The molecule has 1 atom stereocenters. The van der Waals surface area contributed by atoms with Crippen LogP contribution >= 0.6 is 0 Å². The fourth-order valence-electron chi connectivity index (χ4n) is 2.73. The first-order valence-electron chi connectivity index (χ1n) is 7.73. The van der Waals surface area contributed by atoms with Crippen molar-refractivity contribution in [2.75, 3.05) is 27.2 Å². The van der Waals surface area contributed by atoms with E-state index >= 15 is 0 Å². The molecule has 2 rings (SSSR count). The van der Waals surface area contributed by atoms with E-state index < -0.39 is 0 Å². The van der Waals surface area contributed by atoms with Crippen molar-refractivity contribution in [3.05, 3.63) is 29.8 Å². The molecule has 1 aliphatic rings. The molecular weight excluding hydrogens is 280 g/mol. The number of nitrogens with zero attached hydrogens (tertiary/aromatic N) is 1. The minimum Gasteiger partial charge on any atom is -0.497 e. The van der Waals surface area contributed by atoms with Crippen LogP contribution in [-0.2, 0) is 4.79 Å². The van der Waals surface area contributed by atoms with Crippen LogP contribution in [0.1, 0.15) is 36.0 Å². The van der Waals surface area contributed by atoms with E-state index in [1.54, 1.807) is 31.4 Å². The van der Waals surface area contributed by atoms with Crippen molar-refractivity contribution in [2.24, 2.45) is 0 Å². The number of amides is 1. The highest BCUT2D eigenvalue weighted by molar-refractivity contribution is 5.98. The lowest BCUT2D eigenvalue weighted by Gasteiger charge is -2.30. The average molecular weight is 304 g/mol. The molecule has 0 bridgehead atoms. The summed E-state index contributed by atoms with van der Waals surface area (Å²) in [7, 11) is 3.65. The third-order valence-electron chi connectivity index (χ3n) is 3.98. The van der Waals surface area contributed by atoms with Crippen molar-refractivity contribution in [1.82, 2.24) is 10.2 Å². The van der Waals surface area contributed by atoms with E-state index in [4.69, 9.17) is 4.74 Å². The van der Waals surface area contributed by atoms with E-state index in [2.05, 4.69) is 17.3 Å². The Bertz CT molecular complexity index is 513. The van der Waals surface area contributed by atoms with Crippen LogP contribution < -0.4 is 10.1 Å². The van der Waals surface area contributed by atoms with Crippen LogP contribution in [0.2, 0.25) is 0 Å². The SMILES string of the molecule is COc1ccc(C(=O)CCC(=O)N[C@H]2CCCN(C)C2)cc1. The van der Waals surface area contributed by atoms with Gasteiger partial charge in [0.1, 0.15) is 5.75 Å². The summed E-state index contributed by atoms with van der Waals surface area (Å²) >= 11 is 0. The van der Waals surface area contributed by atoms with Crippen LogP contribution in [-0.4, -0.2) is 49.9 Å². The molecule has 1 aromatic rings. The number of likely N-dealkylation sites (tertiary alicyclic amines) is 1. The lowest BCUT2D eigenvalue weighted by molar-refractivity contribution is -0.122. The zero-order chi connectivity index (χ0) is 15.9. The van der Waals surface area contributed by atoms with Gasteiger partial charge in [0, 0.05) is 31.0 Å². The summed E-state index contributed by atoms with van der Waals surface area (Å²) in [5, 5.41) is 3.02. The normalized spacial score (nSPS) is 18.7. The summed E-state index contributed by atoms with van der Waals surface area (Å²) < 4.78 is 5.06. The Morgan fingerprint density at radius 2 is 2.00 bits per heavy atom. The number of piperidine rings is 1. The highest BCUT2D eigenvalue weighted by Gasteiger charge is 2.19. The molecule has 0 saturated carbocycles. The molecule has 0 spiro atoms. The van der Waals surface area contributed by atoms with Gasteiger partial charge >= 0.3 is 0 Å². The Labute approximate surface area is 131 Å². The van der Waals surface area contributed by atoms with E-state index in [0.717, 1.165) is 31.7 Å². The van der Waals surface area contributed by atoms with Gasteiger partial charge in [-0.15, -0.1) is 0 Å². The zero-order valence-corrected chi connectivity index (χ0v) is 13.3. The molecule has 1 N–H and O–H groups in total. The minimum atomic E-state index is -0.0397. The van der Waals surface area contributed by atoms with Crippen LogP contribution in [0.4, 0.5) is 0 Å². The van der Waals surface area contributed by atoms with Crippen LogP contribution in [0, 0.1) is 0 Å². The van der Waals surface area contributed by atoms with Gasteiger partial charge in [0.25, 0.3) is 0 Å². The molecule has 1 saturated heterocycles. The Morgan fingerprint density at radius 1 is 1.27 bits per heavy atom. The maximum absolute atomic E-state index is 12.1. The minimum absolute atomic E-state index is 0.0152. The number of benzene rings is 1. The molecule has 1 heterocycles. The van der Waals surface area contributed by atoms with Crippen molar-refractivity contribution in [1.29, 1.82) is 0 Å². The van der Waals surface area contributed by atoms with Crippen molar-refractivity contribution in [3.8, 4) is 5.75 Å². The van der Waals surface area contributed by atoms with Crippen LogP contribution in [0.3, 0.4) is 0 Å². The number of methoxy groups -OCH3 is 1. The van der Waals surface area contributed by atoms with Gasteiger partial charge < -0.3 is 15.0 Å². The van der Waals surface area contributed by atoms with Crippen molar-refractivity contribution in [3.63, 3.8) is 0 Å². The summed E-state index contributed by atoms with van der Waals surface area (Å²) in [6.07, 6.45) is 2.60. The lowest BCUT2D eigenvalue weighted by Crippen LogP contribution is -2.46. The first-order chi connectivity index (χ1) is 10.6. The highest BCUT2D eigenvalue weighted by atomic mass is 16.5. The fourth-order valence-corrected chi connectivity index (χ4v) is 2.73. The van der Waals surface area contributed by atoms with Gasteiger partial charge in [-0.3, -0.25) is 9.59 Å². The second-order valence-electron chi connectivity index (χ2n) is 5.82. The van der Waals surface area contributed by atoms with E-state index in [1.807, 2.05) is 0 Å². The van der Waals surface area contributed by atoms with Gasteiger partial charge in [-0.25, -0.2) is 0 Å². The second-order valence-corrected chi connectivity index (χ2v) is 5.82. The second kappa shape index (κ2) is 7.94. The summed E-state index contributed by atoms with van der Waals surface area (Å²) in [6.45, 7) is 1.97. The lowest BCUT2D eigenvalue weighted by atomic mass is 10.0. The molecule has 0 aromatic heterocycles. The molecule has 0 unspecified atom stereocenters. The van der Waals surface area contributed by atoms with Gasteiger partial charge in [-0.2, -0.15) is 0 Å². The summed E-state index contributed by atoms with van der Waals surface area (Å²) in [5.41, 5.74) is 0.617. The van der Waals surface area contributed by atoms with E-state index in [0.29, 0.717) is 5.56 Å². The molecule has 1 amide bonds. The summed E-state index contributed by atoms with van der Waals surface area (Å²) in [4.78, 5) is 26.2. The van der Waals surface area contributed by atoms with Crippen LogP contribution in [0.15, 0.2) is 24.3 Å². The first kappa shape index (κ1) is 16.5. The average Bonchev–Trinajstić information content (AvgIpc) is 2.52. The Hall–Kier alpha value is -1.88. The zero-order valence-electron chi connectivity index (χ0n) is 13.3.